The number of hydrogen-bond donors (Lipinski definition) is 1. The Morgan fingerprint density at radius 2 is 2.03 bits per heavy atom. The molecule has 1 N–H and O–H groups in total. The zero-order valence-corrected chi connectivity index (χ0v) is 18.7. The monoisotopic (exact) mass is 435 g/mol. The third kappa shape index (κ3) is 5.73. The van der Waals surface area contributed by atoms with Gasteiger partial charge in [-0.3, -0.25) is 4.79 Å². The predicted octanol–water partition coefficient (Wildman–Crippen LogP) is 3.66. The number of carbonyl (C=O) groups excluding carboxylic acids is 1. The van der Waals surface area contributed by atoms with E-state index in [0.717, 1.165) is 22.6 Å². The van der Waals surface area contributed by atoms with Crippen molar-refractivity contribution in [2.24, 2.45) is 0 Å². The van der Waals surface area contributed by atoms with Gasteiger partial charge >= 0.3 is 0 Å². The molecule has 0 spiro atoms. The van der Waals surface area contributed by atoms with Gasteiger partial charge in [-0.2, -0.15) is 4.98 Å². The minimum absolute atomic E-state index is 0.0420. The first kappa shape index (κ1) is 22.6. The fraction of sp³-hybridized carbons (Fsp3) is 0.591. The van der Waals surface area contributed by atoms with Crippen molar-refractivity contribution in [1.29, 1.82) is 0 Å². The van der Waals surface area contributed by atoms with Gasteiger partial charge in [-0.1, -0.05) is 23.7 Å². The van der Waals surface area contributed by atoms with E-state index in [9.17, 15) is 9.90 Å². The molecule has 1 saturated heterocycles. The highest BCUT2D eigenvalue weighted by molar-refractivity contribution is 6.32. The molecule has 0 saturated carbocycles. The van der Waals surface area contributed by atoms with Crippen molar-refractivity contribution in [2.75, 3.05) is 19.7 Å². The molecule has 1 amide bonds. The smallest absolute Gasteiger partial charge is 0.227 e. The van der Waals surface area contributed by atoms with Crippen molar-refractivity contribution < 1.29 is 19.2 Å². The first-order valence-corrected chi connectivity index (χ1v) is 10.9. The Hall–Kier alpha value is -2.12. The van der Waals surface area contributed by atoms with Crippen LogP contribution in [0, 0.1) is 13.8 Å². The number of nitrogens with zero attached hydrogens (tertiary/aromatic N) is 3. The van der Waals surface area contributed by atoms with E-state index in [1.807, 2.05) is 37.8 Å². The fourth-order valence-electron chi connectivity index (χ4n) is 3.69. The highest BCUT2D eigenvalue weighted by Crippen LogP contribution is 2.28. The molecule has 8 heteroatoms. The minimum Gasteiger partial charge on any atom is -0.491 e. The number of benzene rings is 1. The molecule has 0 radical (unpaired) electrons. The third-order valence-electron chi connectivity index (χ3n) is 5.57. The molecular weight excluding hydrogens is 406 g/mol. The minimum atomic E-state index is -0.959. The highest BCUT2D eigenvalue weighted by Gasteiger charge is 2.32. The van der Waals surface area contributed by atoms with Crippen LogP contribution in [0.4, 0.5) is 0 Å². The van der Waals surface area contributed by atoms with E-state index < -0.39 is 5.60 Å². The zero-order valence-electron chi connectivity index (χ0n) is 17.9. The van der Waals surface area contributed by atoms with Crippen molar-refractivity contribution in [3.8, 4) is 5.75 Å². The van der Waals surface area contributed by atoms with Gasteiger partial charge in [0.25, 0.3) is 0 Å². The molecule has 1 atom stereocenters. The maximum atomic E-state index is 12.6. The normalized spacial score (nSPS) is 19.6. The van der Waals surface area contributed by atoms with E-state index >= 15 is 0 Å². The first-order chi connectivity index (χ1) is 14.3. The van der Waals surface area contributed by atoms with Gasteiger partial charge in [0, 0.05) is 37.4 Å². The molecule has 2 heterocycles. The first-order valence-electron chi connectivity index (χ1n) is 10.5. The lowest BCUT2D eigenvalue weighted by Gasteiger charge is -2.27. The Bertz CT molecular complexity index is 862. The average molecular weight is 436 g/mol. The van der Waals surface area contributed by atoms with Crippen molar-refractivity contribution in [2.45, 2.75) is 64.9 Å². The summed E-state index contributed by atoms with van der Waals surface area (Å²) in [7, 11) is 0. The van der Waals surface area contributed by atoms with Crippen molar-refractivity contribution in [3.05, 3.63) is 40.0 Å². The second-order valence-electron chi connectivity index (χ2n) is 8.08. The number of ether oxygens (including phenoxy) is 1. The van der Waals surface area contributed by atoms with Gasteiger partial charge in [-0.25, -0.2) is 0 Å². The summed E-state index contributed by atoms with van der Waals surface area (Å²) < 4.78 is 11.0. The molecule has 1 aromatic heterocycles. The molecule has 1 aliphatic heterocycles. The molecular formula is C22H30ClN3O4. The lowest BCUT2D eigenvalue weighted by atomic mass is 9.96. The molecule has 1 aromatic carbocycles. The number of amides is 1. The SMILES string of the molecule is CCc1noc(CCC(=O)N2CCCC(O)(COc3cc(C)c(Cl)c(C)c3)CC2)n1. The quantitative estimate of drug-likeness (QED) is 0.713. The van der Waals surface area contributed by atoms with Gasteiger partial charge in [0.15, 0.2) is 5.82 Å². The molecule has 0 aliphatic carbocycles. The van der Waals surface area contributed by atoms with Crippen molar-refractivity contribution in [3.63, 3.8) is 0 Å². The van der Waals surface area contributed by atoms with Gasteiger partial charge in [0.2, 0.25) is 11.8 Å². The molecule has 1 aliphatic rings. The molecule has 1 fully saturated rings. The Morgan fingerprint density at radius 3 is 2.70 bits per heavy atom. The number of aryl methyl sites for hydroxylation is 4. The van der Waals surface area contributed by atoms with Crippen molar-refractivity contribution >= 4 is 17.5 Å². The summed E-state index contributed by atoms with van der Waals surface area (Å²) in [6, 6.07) is 3.76. The summed E-state index contributed by atoms with van der Waals surface area (Å²) in [5, 5.41) is 15.6. The Morgan fingerprint density at radius 1 is 1.30 bits per heavy atom. The van der Waals surface area contributed by atoms with Gasteiger partial charge in [0.1, 0.15) is 18.0 Å². The number of rotatable bonds is 7. The molecule has 3 rings (SSSR count). The van der Waals surface area contributed by atoms with Gasteiger partial charge in [-0.05, 0) is 56.4 Å². The maximum Gasteiger partial charge on any atom is 0.227 e. The van der Waals surface area contributed by atoms with Crippen molar-refractivity contribution in [1.82, 2.24) is 15.0 Å². The van der Waals surface area contributed by atoms with E-state index in [0.29, 0.717) is 62.7 Å². The van der Waals surface area contributed by atoms with Crippen LogP contribution in [0.3, 0.4) is 0 Å². The standard InChI is InChI=1S/C22H30ClN3O4/c1-4-18-24-19(30-25-18)6-7-20(27)26-10-5-8-22(28,9-11-26)14-29-17-12-15(2)21(23)16(3)13-17/h12-13,28H,4-11,14H2,1-3H3. The third-order valence-corrected chi connectivity index (χ3v) is 6.16. The lowest BCUT2D eigenvalue weighted by molar-refractivity contribution is -0.131. The molecule has 164 valence electrons. The van der Waals surface area contributed by atoms with Crippen LogP contribution in [0.5, 0.6) is 5.75 Å². The Kier molecular flexibility index (Phi) is 7.36. The van der Waals surface area contributed by atoms with Crippen LogP contribution in [0.25, 0.3) is 0 Å². The number of hydrogen-bond acceptors (Lipinski definition) is 6. The van der Waals surface area contributed by atoms with Gasteiger partial charge in [0.05, 0.1) is 0 Å². The van der Waals surface area contributed by atoms with Crippen LogP contribution in [-0.4, -0.2) is 51.4 Å². The fourth-order valence-corrected chi connectivity index (χ4v) is 3.80. The highest BCUT2D eigenvalue weighted by atomic mass is 35.5. The number of aromatic nitrogens is 2. The van der Waals surface area contributed by atoms with E-state index in [-0.39, 0.29) is 12.5 Å². The van der Waals surface area contributed by atoms with E-state index in [1.165, 1.54) is 0 Å². The van der Waals surface area contributed by atoms with Gasteiger partial charge < -0.3 is 19.3 Å². The second kappa shape index (κ2) is 9.79. The summed E-state index contributed by atoms with van der Waals surface area (Å²) >= 11 is 6.21. The zero-order chi connectivity index (χ0) is 21.7. The van der Waals surface area contributed by atoms with Gasteiger partial charge in [-0.15, -0.1) is 0 Å². The molecule has 0 bridgehead atoms. The van der Waals surface area contributed by atoms with Crippen LogP contribution >= 0.6 is 11.6 Å². The number of likely N-dealkylation sites (tertiary alicyclic amines) is 1. The summed E-state index contributed by atoms with van der Waals surface area (Å²) in [6.45, 7) is 7.15. The van der Waals surface area contributed by atoms with Crippen LogP contribution in [-0.2, 0) is 17.6 Å². The summed E-state index contributed by atoms with van der Waals surface area (Å²) in [5.74, 6) is 1.89. The molecule has 1 unspecified atom stereocenters. The van der Waals surface area contributed by atoms with Crippen LogP contribution in [0.2, 0.25) is 5.02 Å². The molecule has 2 aromatic rings. The second-order valence-corrected chi connectivity index (χ2v) is 8.45. The predicted molar refractivity (Wildman–Crippen MR) is 114 cm³/mol. The number of halogens is 1. The summed E-state index contributed by atoms with van der Waals surface area (Å²) in [6.07, 6.45) is 3.26. The number of carbonyl (C=O) groups is 1. The lowest BCUT2D eigenvalue weighted by Crippen LogP contribution is -2.38. The molecule has 7 nitrogen and oxygen atoms in total. The van der Waals surface area contributed by atoms with E-state index in [2.05, 4.69) is 10.1 Å². The maximum absolute atomic E-state index is 12.6. The Labute approximate surface area is 182 Å². The van der Waals surface area contributed by atoms with Crippen LogP contribution in [0.15, 0.2) is 16.7 Å². The summed E-state index contributed by atoms with van der Waals surface area (Å²) in [5.41, 5.74) is 0.936. The summed E-state index contributed by atoms with van der Waals surface area (Å²) in [4.78, 5) is 18.7. The van der Waals surface area contributed by atoms with E-state index in [1.54, 1.807) is 0 Å². The Balaban J connectivity index is 1.51. The van der Waals surface area contributed by atoms with E-state index in [4.69, 9.17) is 20.9 Å². The number of aliphatic hydroxyl groups is 1. The largest absolute Gasteiger partial charge is 0.491 e. The average Bonchev–Trinajstić information content (AvgIpc) is 3.10. The van der Waals surface area contributed by atoms with Crippen LogP contribution < -0.4 is 4.74 Å². The molecule has 30 heavy (non-hydrogen) atoms. The van der Waals surface area contributed by atoms with Crippen LogP contribution in [0.1, 0.15) is 55.4 Å². The topological polar surface area (TPSA) is 88.7 Å².